The van der Waals surface area contributed by atoms with Gasteiger partial charge >= 0.3 is 0 Å². The van der Waals surface area contributed by atoms with E-state index in [0.717, 1.165) is 11.0 Å². The van der Waals surface area contributed by atoms with Crippen LogP contribution in [0, 0.1) is 11.7 Å². The number of carbonyl (C=O) groups is 1. The van der Waals surface area contributed by atoms with Gasteiger partial charge in [0.15, 0.2) is 0 Å². The average molecular weight is 331 g/mol. The van der Waals surface area contributed by atoms with Gasteiger partial charge in [0.25, 0.3) is 0 Å². The Morgan fingerprint density at radius 1 is 1.53 bits per heavy atom. The van der Waals surface area contributed by atoms with Gasteiger partial charge in [0.1, 0.15) is 5.82 Å². The molecule has 2 N–H and O–H groups in total. The van der Waals surface area contributed by atoms with E-state index in [0.29, 0.717) is 13.2 Å². The Morgan fingerprint density at radius 2 is 2.32 bits per heavy atom. The van der Waals surface area contributed by atoms with Crippen molar-refractivity contribution in [3.63, 3.8) is 0 Å². The first-order chi connectivity index (χ1) is 9.11. The third-order valence-corrected chi connectivity index (χ3v) is 3.56. The van der Waals surface area contributed by atoms with E-state index in [1.54, 1.807) is 12.1 Å². The van der Waals surface area contributed by atoms with Crippen LogP contribution in [0.25, 0.3) is 0 Å². The van der Waals surface area contributed by atoms with Gasteiger partial charge in [-0.15, -0.1) is 0 Å². The fourth-order valence-corrected chi connectivity index (χ4v) is 2.46. The maximum atomic E-state index is 13.6. The van der Waals surface area contributed by atoms with Crippen LogP contribution in [0.3, 0.4) is 0 Å². The molecule has 19 heavy (non-hydrogen) atoms. The van der Waals surface area contributed by atoms with Crippen LogP contribution in [0.2, 0.25) is 0 Å². The number of carbonyl (C=O) groups excluding carboxylic acids is 1. The lowest BCUT2D eigenvalue weighted by molar-refractivity contribution is -0.120. The Balaban J connectivity index is 2.06. The molecule has 0 saturated carbocycles. The molecule has 0 aliphatic carbocycles. The van der Waals surface area contributed by atoms with Gasteiger partial charge in [-0.25, -0.2) is 4.39 Å². The minimum Gasteiger partial charge on any atom is -0.379 e. The molecule has 1 heterocycles. The van der Waals surface area contributed by atoms with Crippen LogP contribution in [0.15, 0.2) is 22.7 Å². The summed E-state index contributed by atoms with van der Waals surface area (Å²) in [6, 6.07) is 4.43. The fraction of sp³-hybridized carbons (Fsp3) is 0.462. The van der Waals surface area contributed by atoms with E-state index >= 15 is 0 Å². The van der Waals surface area contributed by atoms with Gasteiger partial charge in [-0.3, -0.25) is 4.79 Å². The number of anilines is 1. The number of ether oxygens (including phenoxy) is 1. The zero-order valence-electron chi connectivity index (χ0n) is 10.6. The van der Waals surface area contributed by atoms with Crippen LogP contribution in [0.5, 0.6) is 0 Å². The van der Waals surface area contributed by atoms with Crippen molar-refractivity contribution < 1.29 is 13.9 Å². The highest BCUT2D eigenvalue weighted by Gasteiger charge is 2.33. The molecule has 1 fully saturated rings. The normalized spacial score (nSPS) is 22.5. The first-order valence-electron chi connectivity index (χ1n) is 6.19. The van der Waals surface area contributed by atoms with E-state index in [1.807, 2.05) is 6.92 Å². The van der Waals surface area contributed by atoms with Crippen LogP contribution in [0.4, 0.5) is 10.1 Å². The lowest BCUT2D eigenvalue weighted by Crippen LogP contribution is -2.41. The van der Waals surface area contributed by atoms with Crippen molar-refractivity contribution >= 4 is 27.5 Å². The number of halogens is 2. The highest BCUT2D eigenvalue weighted by molar-refractivity contribution is 9.10. The van der Waals surface area contributed by atoms with Crippen molar-refractivity contribution in [2.24, 2.45) is 5.92 Å². The molecule has 1 amide bonds. The van der Waals surface area contributed by atoms with Crippen molar-refractivity contribution in [1.29, 1.82) is 0 Å². The summed E-state index contributed by atoms with van der Waals surface area (Å²) in [5, 5.41) is 5.82. The van der Waals surface area contributed by atoms with Gasteiger partial charge in [-0.1, -0.05) is 22.9 Å². The number of amides is 1. The summed E-state index contributed by atoms with van der Waals surface area (Å²) in [7, 11) is 0. The second kappa shape index (κ2) is 6.45. The monoisotopic (exact) mass is 330 g/mol. The van der Waals surface area contributed by atoms with E-state index in [9.17, 15) is 9.18 Å². The second-order valence-corrected chi connectivity index (χ2v) is 5.34. The van der Waals surface area contributed by atoms with Crippen molar-refractivity contribution in [2.75, 3.05) is 25.1 Å². The Hall–Kier alpha value is -0.980. The highest BCUT2D eigenvalue weighted by atomic mass is 79.9. The lowest BCUT2D eigenvalue weighted by Gasteiger charge is -2.18. The number of nitrogens with one attached hydrogen (secondary N) is 2. The zero-order valence-corrected chi connectivity index (χ0v) is 12.2. The van der Waals surface area contributed by atoms with E-state index in [4.69, 9.17) is 4.74 Å². The number of hydrogen-bond donors (Lipinski definition) is 2. The van der Waals surface area contributed by atoms with Crippen molar-refractivity contribution in [2.45, 2.75) is 13.0 Å². The van der Waals surface area contributed by atoms with Crippen LogP contribution >= 0.6 is 15.9 Å². The van der Waals surface area contributed by atoms with E-state index in [1.165, 1.54) is 6.07 Å². The number of benzene rings is 1. The van der Waals surface area contributed by atoms with Crippen LogP contribution < -0.4 is 10.6 Å². The third kappa shape index (κ3) is 3.52. The number of likely N-dealkylation sites (N-methyl/N-ethyl adjacent to an activating group) is 1. The van der Waals surface area contributed by atoms with Gasteiger partial charge in [0.2, 0.25) is 5.91 Å². The molecule has 104 valence electrons. The van der Waals surface area contributed by atoms with Crippen molar-refractivity contribution in [3.8, 4) is 0 Å². The molecule has 1 aromatic carbocycles. The molecule has 0 bridgehead atoms. The summed E-state index contributed by atoms with van der Waals surface area (Å²) >= 11 is 3.25. The van der Waals surface area contributed by atoms with Crippen LogP contribution in [-0.2, 0) is 9.53 Å². The molecule has 1 aliphatic rings. The quantitative estimate of drug-likeness (QED) is 0.889. The molecule has 1 aliphatic heterocycles. The standard InChI is InChI=1S/C13H16BrFN2O2/c1-2-16-12-7-19-6-9(12)13(18)17-11-5-8(14)3-4-10(11)15/h3-5,9,12,16H,2,6-7H2,1H3,(H,17,18). The minimum atomic E-state index is -0.449. The van der Waals surface area contributed by atoms with Crippen molar-refractivity contribution in [1.82, 2.24) is 5.32 Å². The Kier molecular flexibility index (Phi) is 4.90. The largest absolute Gasteiger partial charge is 0.379 e. The number of hydrogen-bond acceptors (Lipinski definition) is 3. The molecule has 4 nitrogen and oxygen atoms in total. The summed E-state index contributed by atoms with van der Waals surface area (Å²) in [5.41, 5.74) is 0.182. The molecular weight excluding hydrogens is 315 g/mol. The molecule has 2 rings (SSSR count). The van der Waals surface area contributed by atoms with E-state index in [2.05, 4.69) is 26.6 Å². The maximum Gasteiger partial charge on any atom is 0.231 e. The van der Waals surface area contributed by atoms with Crippen molar-refractivity contribution in [3.05, 3.63) is 28.5 Å². The van der Waals surface area contributed by atoms with Gasteiger partial charge in [0.05, 0.1) is 24.8 Å². The highest BCUT2D eigenvalue weighted by Crippen LogP contribution is 2.22. The molecular formula is C13H16BrFN2O2. The first-order valence-corrected chi connectivity index (χ1v) is 6.98. The minimum absolute atomic E-state index is 0.0137. The molecule has 6 heteroatoms. The summed E-state index contributed by atoms with van der Waals surface area (Å²) in [4.78, 5) is 12.2. The fourth-order valence-electron chi connectivity index (χ4n) is 2.09. The van der Waals surface area contributed by atoms with Crippen LogP contribution in [0.1, 0.15) is 6.92 Å². The summed E-state index contributed by atoms with van der Waals surface area (Å²) in [6.45, 7) is 3.61. The Morgan fingerprint density at radius 3 is 3.05 bits per heavy atom. The Labute approximate surface area is 119 Å². The van der Waals surface area contributed by atoms with Crippen LogP contribution in [-0.4, -0.2) is 31.7 Å². The molecule has 1 aromatic rings. The SMILES string of the molecule is CCNC1COCC1C(=O)Nc1cc(Br)ccc1F. The molecule has 2 atom stereocenters. The van der Waals surface area contributed by atoms with E-state index in [-0.39, 0.29) is 23.6 Å². The predicted octanol–water partition coefficient (Wildman–Crippen LogP) is 2.15. The molecule has 2 unspecified atom stereocenters. The first kappa shape index (κ1) is 14.4. The molecule has 1 saturated heterocycles. The molecule has 0 spiro atoms. The topological polar surface area (TPSA) is 50.4 Å². The lowest BCUT2D eigenvalue weighted by atomic mass is 10.0. The van der Waals surface area contributed by atoms with Gasteiger partial charge in [0, 0.05) is 10.5 Å². The van der Waals surface area contributed by atoms with Gasteiger partial charge < -0.3 is 15.4 Å². The zero-order chi connectivity index (χ0) is 13.8. The average Bonchev–Trinajstić information content (AvgIpc) is 2.82. The predicted molar refractivity (Wildman–Crippen MR) is 74.5 cm³/mol. The molecule has 0 aromatic heterocycles. The number of rotatable bonds is 4. The van der Waals surface area contributed by atoms with Gasteiger partial charge in [-0.05, 0) is 24.7 Å². The maximum absolute atomic E-state index is 13.6. The smallest absolute Gasteiger partial charge is 0.231 e. The summed E-state index contributed by atoms with van der Waals surface area (Å²) in [6.07, 6.45) is 0. The summed E-state index contributed by atoms with van der Waals surface area (Å²) < 4.78 is 19.6. The Bertz CT molecular complexity index is 470. The molecule has 0 radical (unpaired) electrons. The second-order valence-electron chi connectivity index (χ2n) is 4.42. The third-order valence-electron chi connectivity index (χ3n) is 3.07. The van der Waals surface area contributed by atoms with Gasteiger partial charge in [-0.2, -0.15) is 0 Å². The van der Waals surface area contributed by atoms with E-state index < -0.39 is 5.82 Å². The summed E-state index contributed by atoms with van der Waals surface area (Å²) in [5.74, 6) is -0.964.